The van der Waals surface area contributed by atoms with Crippen LogP contribution in [-0.4, -0.2) is 11.6 Å². The van der Waals surface area contributed by atoms with E-state index in [2.05, 4.69) is 0 Å². The Morgan fingerprint density at radius 1 is 1.00 bits per heavy atom. The second-order valence-electron chi connectivity index (χ2n) is 5.28. The first kappa shape index (κ1) is 13.3. The van der Waals surface area contributed by atoms with Gasteiger partial charge in [-0.3, -0.25) is 9.59 Å². The van der Waals surface area contributed by atoms with Crippen LogP contribution in [0, 0.1) is 6.92 Å². The minimum Gasteiger partial charge on any atom is -0.399 e. The van der Waals surface area contributed by atoms with Crippen LogP contribution in [0.3, 0.4) is 0 Å². The van der Waals surface area contributed by atoms with Crippen molar-refractivity contribution in [3.8, 4) is 0 Å². The molecule has 104 valence electrons. The molecule has 2 N–H and O–H groups in total. The molecule has 0 fully saturated rings. The number of aryl methyl sites for hydroxylation is 1. The summed E-state index contributed by atoms with van der Waals surface area (Å²) in [5.74, 6) is -0.174. The number of Topliss-reactive ketones (excluding diaryl/α,β-unsaturated/α-hetero) is 1. The molecule has 0 spiro atoms. The van der Waals surface area contributed by atoms with Crippen LogP contribution in [0.15, 0.2) is 54.1 Å². The van der Waals surface area contributed by atoms with Crippen molar-refractivity contribution in [3.05, 3.63) is 76.4 Å². The summed E-state index contributed by atoms with van der Waals surface area (Å²) < 4.78 is 0. The average Bonchev–Trinajstić information content (AvgIpc) is 2.48. The molecular formula is C18H15NO2. The second-order valence-corrected chi connectivity index (χ2v) is 5.28. The van der Waals surface area contributed by atoms with E-state index in [9.17, 15) is 9.59 Å². The third-order valence-electron chi connectivity index (χ3n) is 3.76. The van der Waals surface area contributed by atoms with Gasteiger partial charge in [-0.1, -0.05) is 36.4 Å². The molecular weight excluding hydrogens is 262 g/mol. The van der Waals surface area contributed by atoms with Crippen molar-refractivity contribution >= 4 is 17.3 Å². The number of carbonyl (C=O) groups is 2. The zero-order chi connectivity index (χ0) is 15.0. The van der Waals surface area contributed by atoms with E-state index in [-0.39, 0.29) is 11.6 Å². The van der Waals surface area contributed by atoms with E-state index < -0.39 is 0 Å². The molecule has 2 aromatic carbocycles. The number of rotatable bonds is 2. The number of nitrogen functional groups attached to an aromatic ring is 1. The van der Waals surface area contributed by atoms with Crippen molar-refractivity contribution < 1.29 is 9.59 Å². The van der Waals surface area contributed by atoms with Gasteiger partial charge in [0, 0.05) is 28.8 Å². The van der Waals surface area contributed by atoms with Crippen LogP contribution in [0.4, 0.5) is 5.69 Å². The Balaban J connectivity index is 1.95. The Bertz CT molecular complexity index is 788. The Morgan fingerprint density at radius 3 is 2.43 bits per heavy atom. The van der Waals surface area contributed by atoms with Crippen LogP contribution in [0.5, 0.6) is 0 Å². The Kier molecular flexibility index (Phi) is 3.18. The van der Waals surface area contributed by atoms with Crippen LogP contribution in [0.25, 0.3) is 0 Å². The third kappa shape index (κ3) is 2.38. The monoisotopic (exact) mass is 277 g/mol. The zero-order valence-corrected chi connectivity index (χ0v) is 11.7. The summed E-state index contributed by atoms with van der Waals surface area (Å²) in [6.07, 6.45) is 1.90. The van der Waals surface area contributed by atoms with Crippen LogP contribution < -0.4 is 5.73 Å². The molecule has 0 aliphatic heterocycles. The number of hydrogen-bond acceptors (Lipinski definition) is 3. The minimum atomic E-state index is -0.104. The summed E-state index contributed by atoms with van der Waals surface area (Å²) in [5.41, 5.74) is 9.99. The van der Waals surface area contributed by atoms with E-state index in [1.54, 1.807) is 24.3 Å². The van der Waals surface area contributed by atoms with Gasteiger partial charge in [-0.05, 0) is 30.2 Å². The molecule has 0 bridgehead atoms. The molecule has 0 atom stereocenters. The fourth-order valence-corrected chi connectivity index (χ4v) is 2.57. The molecule has 3 heteroatoms. The van der Waals surface area contributed by atoms with Crippen LogP contribution >= 0.6 is 0 Å². The summed E-state index contributed by atoms with van der Waals surface area (Å²) in [6.45, 7) is 1.93. The van der Waals surface area contributed by atoms with E-state index in [0.29, 0.717) is 23.1 Å². The highest BCUT2D eigenvalue weighted by atomic mass is 16.1. The molecule has 21 heavy (non-hydrogen) atoms. The molecule has 0 aromatic heterocycles. The molecule has 0 saturated heterocycles. The van der Waals surface area contributed by atoms with Gasteiger partial charge >= 0.3 is 0 Å². The topological polar surface area (TPSA) is 60.2 Å². The number of nitrogens with two attached hydrogens (primary N) is 1. The normalized spacial score (nSPS) is 13.9. The standard InChI is InChI=1S/C18H15NO2/c1-11-8-12(6-7-16(11)19)9-13-10-17(20)14-4-2-3-5-15(14)18(13)21/h2-8,10H,9,19H2,1H3. The Morgan fingerprint density at radius 2 is 1.71 bits per heavy atom. The molecule has 3 nitrogen and oxygen atoms in total. The van der Waals surface area contributed by atoms with Crippen molar-refractivity contribution in [1.82, 2.24) is 0 Å². The van der Waals surface area contributed by atoms with E-state index in [4.69, 9.17) is 5.73 Å². The highest BCUT2D eigenvalue weighted by Gasteiger charge is 2.24. The summed E-state index contributed by atoms with van der Waals surface area (Å²) in [6, 6.07) is 12.6. The van der Waals surface area contributed by atoms with Crippen LogP contribution in [0.2, 0.25) is 0 Å². The maximum Gasteiger partial charge on any atom is 0.190 e. The SMILES string of the molecule is Cc1cc(CC2=CC(=O)c3ccccc3C2=O)ccc1N. The molecule has 2 aromatic rings. The predicted octanol–water partition coefficient (Wildman–Crippen LogP) is 3.13. The summed E-state index contributed by atoms with van der Waals surface area (Å²) >= 11 is 0. The number of carbonyl (C=O) groups excluding carboxylic acids is 2. The fourth-order valence-electron chi connectivity index (χ4n) is 2.57. The molecule has 0 radical (unpaired) electrons. The van der Waals surface area contributed by atoms with Gasteiger partial charge in [0.05, 0.1) is 0 Å². The van der Waals surface area contributed by atoms with E-state index in [1.807, 2.05) is 25.1 Å². The lowest BCUT2D eigenvalue weighted by Crippen LogP contribution is -2.18. The van der Waals surface area contributed by atoms with Crippen LogP contribution in [0.1, 0.15) is 31.8 Å². The number of allylic oxidation sites excluding steroid dienone is 2. The molecule has 0 saturated carbocycles. The van der Waals surface area contributed by atoms with Gasteiger partial charge in [0.1, 0.15) is 0 Å². The number of ketones is 2. The smallest absolute Gasteiger partial charge is 0.190 e. The lowest BCUT2D eigenvalue weighted by Gasteiger charge is -2.15. The van der Waals surface area contributed by atoms with Gasteiger partial charge in [0.15, 0.2) is 11.6 Å². The van der Waals surface area contributed by atoms with Gasteiger partial charge in [0.2, 0.25) is 0 Å². The quantitative estimate of drug-likeness (QED) is 0.858. The maximum absolute atomic E-state index is 12.5. The molecule has 0 heterocycles. The van der Waals surface area contributed by atoms with Gasteiger partial charge in [0.25, 0.3) is 0 Å². The third-order valence-corrected chi connectivity index (χ3v) is 3.76. The fraction of sp³-hybridized carbons (Fsp3) is 0.111. The highest BCUT2D eigenvalue weighted by Crippen LogP contribution is 2.24. The van der Waals surface area contributed by atoms with Crippen molar-refractivity contribution in [2.24, 2.45) is 0 Å². The zero-order valence-electron chi connectivity index (χ0n) is 11.7. The van der Waals surface area contributed by atoms with Gasteiger partial charge in [-0.2, -0.15) is 0 Å². The largest absolute Gasteiger partial charge is 0.399 e. The molecule has 0 amide bonds. The Hall–Kier alpha value is -2.68. The first-order valence-corrected chi connectivity index (χ1v) is 6.80. The summed E-state index contributed by atoms with van der Waals surface area (Å²) in [5, 5.41) is 0. The lowest BCUT2D eigenvalue weighted by atomic mass is 9.86. The number of benzene rings is 2. The van der Waals surface area contributed by atoms with E-state index >= 15 is 0 Å². The van der Waals surface area contributed by atoms with E-state index in [1.165, 1.54) is 6.08 Å². The van der Waals surface area contributed by atoms with Crippen molar-refractivity contribution in [1.29, 1.82) is 0 Å². The number of anilines is 1. The number of fused-ring (bicyclic) bond motifs is 1. The van der Waals surface area contributed by atoms with Crippen molar-refractivity contribution in [3.63, 3.8) is 0 Å². The summed E-state index contributed by atoms with van der Waals surface area (Å²) in [4.78, 5) is 24.6. The van der Waals surface area contributed by atoms with E-state index in [0.717, 1.165) is 16.8 Å². The highest BCUT2D eigenvalue weighted by molar-refractivity contribution is 6.24. The Labute approximate surface area is 123 Å². The van der Waals surface area contributed by atoms with Crippen molar-refractivity contribution in [2.45, 2.75) is 13.3 Å². The van der Waals surface area contributed by atoms with Gasteiger partial charge in [-0.15, -0.1) is 0 Å². The lowest BCUT2D eigenvalue weighted by molar-refractivity contribution is 0.0982. The molecule has 1 aliphatic carbocycles. The van der Waals surface area contributed by atoms with Gasteiger partial charge < -0.3 is 5.73 Å². The first-order chi connectivity index (χ1) is 10.1. The minimum absolute atomic E-state index is 0.0697. The maximum atomic E-state index is 12.5. The molecule has 0 unspecified atom stereocenters. The molecule has 1 aliphatic rings. The van der Waals surface area contributed by atoms with Crippen molar-refractivity contribution in [2.75, 3.05) is 5.73 Å². The number of hydrogen-bond donors (Lipinski definition) is 1. The molecule has 3 rings (SSSR count). The average molecular weight is 277 g/mol. The van der Waals surface area contributed by atoms with Gasteiger partial charge in [-0.25, -0.2) is 0 Å². The predicted molar refractivity (Wildman–Crippen MR) is 82.5 cm³/mol. The first-order valence-electron chi connectivity index (χ1n) is 6.80. The van der Waals surface area contributed by atoms with Crippen LogP contribution in [-0.2, 0) is 6.42 Å². The summed E-state index contributed by atoms with van der Waals surface area (Å²) in [7, 11) is 0. The second kappa shape index (κ2) is 5.02.